The van der Waals surface area contributed by atoms with Gasteiger partial charge in [-0.1, -0.05) is 6.07 Å². The SMILES string of the molecule is COc1cc(CN(CC2CC2)CC2CCCN2)ccc1O. The average molecular weight is 290 g/mol. The zero-order chi connectivity index (χ0) is 14.7. The second-order valence-electron chi connectivity index (χ2n) is 6.44. The summed E-state index contributed by atoms with van der Waals surface area (Å²) in [6, 6.07) is 6.33. The van der Waals surface area contributed by atoms with Crippen molar-refractivity contribution in [2.24, 2.45) is 5.92 Å². The van der Waals surface area contributed by atoms with E-state index in [-0.39, 0.29) is 5.75 Å². The molecule has 2 aliphatic rings. The number of hydrogen-bond acceptors (Lipinski definition) is 4. The molecule has 1 unspecified atom stereocenters. The Morgan fingerprint density at radius 1 is 1.29 bits per heavy atom. The van der Waals surface area contributed by atoms with E-state index in [1.807, 2.05) is 12.1 Å². The van der Waals surface area contributed by atoms with Crippen molar-refractivity contribution >= 4 is 0 Å². The van der Waals surface area contributed by atoms with Gasteiger partial charge < -0.3 is 15.2 Å². The summed E-state index contributed by atoms with van der Waals surface area (Å²) in [5.74, 6) is 1.68. The monoisotopic (exact) mass is 290 g/mol. The van der Waals surface area contributed by atoms with Crippen molar-refractivity contribution < 1.29 is 9.84 Å². The Labute approximate surface area is 127 Å². The molecule has 3 rings (SSSR count). The van der Waals surface area contributed by atoms with Gasteiger partial charge in [-0.15, -0.1) is 0 Å². The van der Waals surface area contributed by atoms with Crippen LogP contribution in [0.4, 0.5) is 0 Å². The predicted octanol–water partition coefficient (Wildman–Crippen LogP) is 2.36. The number of hydrogen-bond donors (Lipinski definition) is 2. The maximum Gasteiger partial charge on any atom is 0.160 e. The highest BCUT2D eigenvalue weighted by atomic mass is 16.5. The van der Waals surface area contributed by atoms with Gasteiger partial charge in [-0.3, -0.25) is 4.90 Å². The fourth-order valence-electron chi connectivity index (χ4n) is 3.17. The van der Waals surface area contributed by atoms with Crippen LogP contribution in [0.25, 0.3) is 0 Å². The predicted molar refractivity (Wildman–Crippen MR) is 83.7 cm³/mol. The molecule has 1 atom stereocenters. The maximum absolute atomic E-state index is 9.71. The van der Waals surface area contributed by atoms with Gasteiger partial charge in [0.1, 0.15) is 0 Å². The molecule has 0 spiro atoms. The molecule has 21 heavy (non-hydrogen) atoms. The fraction of sp³-hybridized carbons (Fsp3) is 0.647. The molecule has 4 heteroatoms. The molecule has 2 fully saturated rings. The molecule has 2 N–H and O–H groups in total. The molecule has 1 aromatic rings. The minimum atomic E-state index is 0.215. The van der Waals surface area contributed by atoms with E-state index in [0.29, 0.717) is 11.8 Å². The van der Waals surface area contributed by atoms with E-state index in [1.165, 1.54) is 37.8 Å². The Balaban J connectivity index is 1.64. The van der Waals surface area contributed by atoms with Gasteiger partial charge in [-0.25, -0.2) is 0 Å². The van der Waals surface area contributed by atoms with Crippen LogP contribution in [0.3, 0.4) is 0 Å². The zero-order valence-corrected chi connectivity index (χ0v) is 12.8. The largest absolute Gasteiger partial charge is 0.504 e. The van der Waals surface area contributed by atoms with Crippen molar-refractivity contribution in [2.75, 3.05) is 26.7 Å². The normalized spacial score (nSPS) is 21.9. The van der Waals surface area contributed by atoms with Gasteiger partial charge in [-0.2, -0.15) is 0 Å². The molecule has 0 bridgehead atoms. The van der Waals surface area contributed by atoms with Gasteiger partial charge in [0.2, 0.25) is 0 Å². The Morgan fingerprint density at radius 2 is 2.14 bits per heavy atom. The number of benzene rings is 1. The number of nitrogens with one attached hydrogen (secondary N) is 1. The van der Waals surface area contributed by atoms with Crippen LogP contribution in [-0.4, -0.2) is 42.8 Å². The van der Waals surface area contributed by atoms with Crippen molar-refractivity contribution in [1.82, 2.24) is 10.2 Å². The van der Waals surface area contributed by atoms with E-state index in [0.717, 1.165) is 25.6 Å². The first kappa shape index (κ1) is 14.7. The van der Waals surface area contributed by atoms with Crippen LogP contribution in [0.2, 0.25) is 0 Å². The fourth-order valence-corrected chi connectivity index (χ4v) is 3.17. The highest BCUT2D eigenvalue weighted by Crippen LogP contribution is 2.31. The minimum absolute atomic E-state index is 0.215. The second kappa shape index (κ2) is 6.67. The van der Waals surface area contributed by atoms with Crippen LogP contribution in [0.15, 0.2) is 18.2 Å². The number of phenolic OH excluding ortho intramolecular Hbond substituents is 1. The van der Waals surface area contributed by atoms with Crippen molar-refractivity contribution in [3.63, 3.8) is 0 Å². The Hall–Kier alpha value is -1.26. The first-order chi connectivity index (χ1) is 10.2. The molecule has 1 heterocycles. The van der Waals surface area contributed by atoms with Crippen LogP contribution in [0.5, 0.6) is 11.5 Å². The minimum Gasteiger partial charge on any atom is -0.504 e. The molecule has 4 nitrogen and oxygen atoms in total. The first-order valence-corrected chi connectivity index (χ1v) is 8.06. The van der Waals surface area contributed by atoms with Crippen LogP contribution in [0, 0.1) is 5.92 Å². The Morgan fingerprint density at radius 3 is 2.81 bits per heavy atom. The van der Waals surface area contributed by atoms with E-state index < -0.39 is 0 Å². The van der Waals surface area contributed by atoms with Crippen LogP contribution >= 0.6 is 0 Å². The smallest absolute Gasteiger partial charge is 0.160 e. The molecule has 1 aliphatic carbocycles. The Bertz CT molecular complexity index is 468. The summed E-state index contributed by atoms with van der Waals surface area (Å²) < 4.78 is 5.21. The molecule has 116 valence electrons. The first-order valence-electron chi connectivity index (χ1n) is 8.06. The molecule has 1 aromatic carbocycles. The number of ether oxygens (including phenoxy) is 1. The molecule has 0 aromatic heterocycles. The third kappa shape index (κ3) is 4.11. The lowest BCUT2D eigenvalue weighted by Crippen LogP contribution is -2.38. The third-order valence-corrected chi connectivity index (χ3v) is 4.50. The summed E-state index contributed by atoms with van der Waals surface area (Å²) in [4.78, 5) is 2.56. The second-order valence-corrected chi connectivity index (χ2v) is 6.44. The topological polar surface area (TPSA) is 44.7 Å². The van der Waals surface area contributed by atoms with Crippen molar-refractivity contribution in [1.29, 1.82) is 0 Å². The zero-order valence-electron chi connectivity index (χ0n) is 12.8. The number of phenols is 1. The standard InChI is InChI=1S/C17H26N2O2/c1-21-17-9-14(6-7-16(17)20)11-19(10-13-4-5-13)12-15-3-2-8-18-15/h6-7,9,13,15,18,20H,2-5,8,10-12H2,1H3. The van der Waals surface area contributed by atoms with Crippen LogP contribution in [-0.2, 0) is 6.54 Å². The number of nitrogens with zero attached hydrogens (tertiary/aromatic N) is 1. The van der Waals surface area contributed by atoms with E-state index in [2.05, 4.69) is 10.2 Å². The van der Waals surface area contributed by atoms with E-state index in [9.17, 15) is 5.11 Å². The molecule has 1 saturated heterocycles. The van der Waals surface area contributed by atoms with Gasteiger partial charge in [0.05, 0.1) is 7.11 Å². The van der Waals surface area contributed by atoms with Gasteiger partial charge in [0, 0.05) is 25.7 Å². The third-order valence-electron chi connectivity index (χ3n) is 4.50. The molecule has 0 radical (unpaired) electrons. The molecule has 1 aliphatic heterocycles. The van der Waals surface area contributed by atoms with E-state index >= 15 is 0 Å². The number of aromatic hydroxyl groups is 1. The van der Waals surface area contributed by atoms with Crippen molar-refractivity contribution in [3.05, 3.63) is 23.8 Å². The van der Waals surface area contributed by atoms with Gasteiger partial charge >= 0.3 is 0 Å². The maximum atomic E-state index is 9.71. The Kier molecular flexibility index (Phi) is 4.66. The summed E-state index contributed by atoms with van der Waals surface area (Å²) >= 11 is 0. The lowest BCUT2D eigenvalue weighted by Gasteiger charge is -2.26. The van der Waals surface area contributed by atoms with Crippen molar-refractivity contribution in [2.45, 2.75) is 38.3 Å². The summed E-state index contributed by atoms with van der Waals surface area (Å²) in [5, 5.41) is 13.3. The van der Waals surface area contributed by atoms with Crippen molar-refractivity contribution in [3.8, 4) is 11.5 Å². The highest BCUT2D eigenvalue weighted by molar-refractivity contribution is 5.41. The molecular weight excluding hydrogens is 264 g/mol. The summed E-state index contributed by atoms with van der Waals surface area (Å²) in [5.41, 5.74) is 1.21. The van der Waals surface area contributed by atoms with E-state index in [4.69, 9.17) is 4.74 Å². The van der Waals surface area contributed by atoms with Crippen LogP contribution < -0.4 is 10.1 Å². The van der Waals surface area contributed by atoms with Gasteiger partial charge in [0.25, 0.3) is 0 Å². The number of methoxy groups -OCH3 is 1. The molecular formula is C17H26N2O2. The van der Waals surface area contributed by atoms with E-state index in [1.54, 1.807) is 13.2 Å². The quantitative estimate of drug-likeness (QED) is 0.809. The summed E-state index contributed by atoms with van der Waals surface area (Å²) in [6.45, 7) is 4.42. The lowest BCUT2D eigenvalue weighted by atomic mass is 10.1. The highest BCUT2D eigenvalue weighted by Gasteiger charge is 2.26. The summed E-state index contributed by atoms with van der Waals surface area (Å²) in [7, 11) is 1.60. The van der Waals surface area contributed by atoms with Gasteiger partial charge in [0.15, 0.2) is 11.5 Å². The van der Waals surface area contributed by atoms with Gasteiger partial charge in [-0.05, 0) is 55.8 Å². The summed E-state index contributed by atoms with van der Waals surface area (Å²) in [6.07, 6.45) is 5.36. The lowest BCUT2D eigenvalue weighted by molar-refractivity contribution is 0.231. The number of rotatable bonds is 7. The molecule has 1 saturated carbocycles. The molecule has 0 amide bonds. The van der Waals surface area contributed by atoms with Crippen LogP contribution in [0.1, 0.15) is 31.2 Å². The average Bonchev–Trinajstić information content (AvgIpc) is 3.14.